The number of nitrogens with one attached hydrogen (secondary N) is 1. The average molecular weight is 384 g/mol. The molecule has 0 radical (unpaired) electrons. The van der Waals surface area contributed by atoms with Gasteiger partial charge < -0.3 is 14.5 Å². The highest BCUT2D eigenvalue weighted by molar-refractivity contribution is 6.08. The van der Waals surface area contributed by atoms with Gasteiger partial charge in [-0.2, -0.15) is 0 Å². The van der Waals surface area contributed by atoms with Crippen molar-refractivity contribution in [1.82, 2.24) is 20.4 Å². The van der Waals surface area contributed by atoms with Crippen LogP contribution in [0.15, 0.2) is 28.7 Å². The first-order valence-corrected chi connectivity index (χ1v) is 9.16. The average Bonchev–Trinajstić information content (AvgIpc) is 3.38. The van der Waals surface area contributed by atoms with E-state index in [4.69, 9.17) is 9.15 Å². The zero-order chi connectivity index (χ0) is 19.7. The number of aryl methyl sites for hydroxylation is 1. The number of carbonyl (C=O) groups excluding carboxylic acids is 3. The van der Waals surface area contributed by atoms with Crippen molar-refractivity contribution in [3.63, 3.8) is 0 Å². The minimum atomic E-state index is -0.841. The zero-order valence-electron chi connectivity index (χ0n) is 15.4. The molecule has 0 unspecified atom stereocenters. The lowest BCUT2D eigenvalue weighted by molar-refractivity contribution is -0.149. The Morgan fingerprint density at radius 2 is 2.07 bits per heavy atom. The van der Waals surface area contributed by atoms with E-state index in [0.717, 1.165) is 28.9 Å². The second kappa shape index (κ2) is 7.06. The van der Waals surface area contributed by atoms with Crippen molar-refractivity contribution in [3.05, 3.63) is 35.7 Å². The maximum absolute atomic E-state index is 12.5. The number of nitrogens with zero attached hydrogens (tertiary/aromatic N) is 3. The van der Waals surface area contributed by atoms with Crippen LogP contribution in [0.5, 0.6) is 0 Å². The molecule has 1 saturated heterocycles. The monoisotopic (exact) mass is 384 g/mol. The van der Waals surface area contributed by atoms with E-state index in [1.165, 1.54) is 0 Å². The largest absolute Gasteiger partial charge is 0.454 e. The summed E-state index contributed by atoms with van der Waals surface area (Å²) in [6, 6.07) is 7.02. The quantitative estimate of drug-likeness (QED) is 0.619. The van der Waals surface area contributed by atoms with E-state index in [9.17, 15) is 14.4 Å². The molecule has 4 rings (SSSR count). The summed E-state index contributed by atoms with van der Waals surface area (Å²) in [5.41, 5.74) is 0.982. The molecule has 0 bridgehead atoms. The molecule has 1 aromatic heterocycles. The first-order chi connectivity index (χ1) is 13.5. The van der Waals surface area contributed by atoms with Crippen LogP contribution in [0.25, 0.3) is 11.5 Å². The Kier molecular flexibility index (Phi) is 4.58. The summed E-state index contributed by atoms with van der Waals surface area (Å²) in [5.74, 6) is -0.610. The molecule has 9 heteroatoms. The number of hydrogen-bond acceptors (Lipinski definition) is 7. The second-order valence-corrected chi connectivity index (χ2v) is 7.14. The summed E-state index contributed by atoms with van der Waals surface area (Å²) in [6.07, 6.45) is 2.97. The first-order valence-electron chi connectivity index (χ1n) is 9.16. The number of esters is 1. The lowest BCUT2D eigenvalue weighted by Gasteiger charge is -2.19. The molecule has 1 saturated carbocycles. The SMILES string of the molecule is Cc1cccc(-c2nnc(COC(=O)CN3C(=O)NC4(CCCC4)C3=O)o2)c1. The minimum Gasteiger partial charge on any atom is -0.454 e. The number of imide groups is 1. The van der Waals surface area contributed by atoms with E-state index in [2.05, 4.69) is 15.5 Å². The Bertz CT molecular complexity index is 932. The third kappa shape index (κ3) is 3.35. The van der Waals surface area contributed by atoms with E-state index in [-0.39, 0.29) is 18.4 Å². The van der Waals surface area contributed by atoms with Crippen molar-refractivity contribution >= 4 is 17.9 Å². The number of aromatic nitrogens is 2. The Hall–Kier alpha value is -3.23. The van der Waals surface area contributed by atoms with Crippen LogP contribution in [0.2, 0.25) is 0 Å². The van der Waals surface area contributed by atoms with Gasteiger partial charge >= 0.3 is 12.0 Å². The van der Waals surface area contributed by atoms with E-state index >= 15 is 0 Å². The third-order valence-electron chi connectivity index (χ3n) is 5.08. The van der Waals surface area contributed by atoms with E-state index in [1.807, 2.05) is 31.2 Å². The third-order valence-corrected chi connectivity index (χ3v) is 5.08. The Labute approximate surface area is 161 Å². The Morgan fingerprint density at radius 1 is 1.29 bits per heavy atom. The van der Waals surface area contributed by atoms with Crippen LogP contribution < -0.4 is 5.32 Å². The van der Waals surface area contributed by atoms with Gasteiger partial charge in [0.25, 0.3) is 11.8 Å². The number of amides is 3. The summed E-state index contributed by atoms with van der Waals surface area (Å²) >= 11 is 0. The lowest BCUT2D eigenvalue weighted by Crippen LogP contribution is -2.44. The smallest absolute Gasteiger partial charge is 0.326 e. The fourth-order valence-electron chi connectivity index (χ4n) is 3.66. The molecule has 0 atom stereocenters. The number of rotatable bonds is 5. The molecule has 1 aliphatic heterocycles. The molecule has 1 aromatic carbocycles. The van der Waals surface area contributed by atoms with Crippen molar-refractivity contribution in [2.24, 2.45) is 0 Å². The minimum absolute atomic E-state index is 0.134. The van der Waals surface area contributed by atoms with Crippen LogP contribution in [-0.2, 0) is 20.9 Å². The van der Waals surface area contributed by atoms with Gasteiger partial charge in [0.2, 0.25) is 5.89 Å². The number of carbonyl (C=O) groups is 3. The molecule has 2 heterocycles. The van der Waals surface area contributed by atoms with Gasteiger partial charge in [-0.1, -0.05) is 30.5 Å². The van der Waals surface area contributed by atoms with Gasteiger partial charge in [-0.05, 0) is 31.9 Å². The Morgan fingerprint density at radius 3 is 2.82 bits per heavy atom. The highest BCUT2D eigenvalue weighted by Crippen LogP contribution is 2.34. The van der Waals surface area contributed by atoms with Gasteiger partial charge in [-0.25, -0.2) is 4.79 Å². The molecule has 28 heavy (non-hydrogen) atoms. The zero-order valence-corrected chi connectivity index (χ0v) is 15.4. The van der Waals surface area contributed by atoms with Crippen LogP contribution in [-0.4, -0.2) is 45.1 Å². The molecule has 2 aromatic rings. The predicted molar refractivity (Wildman–Crippen MR) is 95.7 cm³/mol. The fourth-order valence-corrected chi connectivity index (χ4v) is 3.66. The highest BCUT2D eigenvalue weighted by atomic mass is 16.5. The van der Waals surface area contributed by atoms with Crippen LogP contribution in [0.1, 0.15) is 37.1 Å². The maximum Gasteiger partial charge on any atom is 0.326 e. The fraction of sp³-hybridized carbons (Fsp3) is 0.421. The van der Waals surface area contributed by atoms with Crippen LogP contribution in [0.4, 0.5) is 4.79 Å². The second-order valence-electron chi connectivity index (χ2n) is 7.14. The van der Waals surface area contributed by atoms with Crippen molar-refractivity contribution in [2.75, 3.05) is 6.54 Å². The normalized spacial score (nSPS) is 18.0. The van der Waals surface area contributed by atoms with Crippen molar-refractivity contribution in [2.45, 2.75) is 44.8 Å². The van der Waals surface area contributed by atoms with Crippen LogP contribution >= 0.6 is 0 Å². The van der Waals surface area contributed by atoms with E-state index in [0.29, 0.717) is 18.7 Å². The molecular formula is C19H20N4O5. The maximum atomic E-state index is 12.5. The molecule has 3 amide bonds. The van der Waals surface area contributed by atoms with E-state index < -0.39 is 24.1 Å². The van der Waals surface area contributed by atoms with Crippen molar-refractivity contribution < 1.29 is 23.5 Å². The van der Waals surface area contributed by atoms with Crippen molar-refractivity contribution in [3.8, 4) is 11.5 Å². The topological polar surface area (TPSA) is 115 Å². The van der Waals surface area contributed by atoms with Gasteiger partial charge in [0.1, 0.15) is 12.1 Å². The Balaban J connectivity index is 1.34. The number of ether oxygens (including phenoxy) is 1. The molecule has 9 nitrogen and oxygen atoms in total. The summed E-state index contributed by atoms with van der Waals surface area (Å²) in [5, 5.41) is 10.5. The van der Waals surface area contributed by atoms with E-state index in [1.54, 1.807) is 0 Å². The summed E-state index contributed by atoms with van der Waals surface area (Å²) < 4.78 is 10.6. The van der Waals surface area contributed by atoms with Gasteiger partial charge in [0.15, 0.2) is 6.61 Å². The van der Waals surface area contributed by atoms with Gasteiger partial charge in [0, 0.05) is 5.56 Å². The number of benzene rings is 1. The number of hydrogen-bond donors (Lipinski definition) is 1. The molecular weight excluding hydrogens is 364 g/mol. The molecule has 2 aliphatic rings. The van der Waals surface area contributed by atoms with Crippen LogP contribution in [0.3, 0.4) is 0 Å². The summed E-state index contributed by atoms with van der Waals surface area (Å²) in [7, 11) is 0. The molecule has 146 valence electrons. The molecule has 2 fully saturated rings. The summed E-state index contributed by atoms with van der Waals surface area (Å²) in [4.78, 5) is 37.6. The van der Waals surface area contributed by atoms with Crippen molar-refractivity contribution in [1.29, 1.82) is 0 Å². The lowest BCUT2D eigenvalue weighted by atomic mass is 9.98. The summed E-state index contributed by atoms with van der Waals surface area (Å²) in [6.45, 7) is 1.28. The molecule has 1 N–H and O–H groups in total. The first kappa shape index (κ1) is 18.1. The predicted octanol–water partition coefficient (Wildman–Crippen LogP) is 1.95. The standard InChI is InChI=1S/C19H20N4O5/c1-12-5-4-6-13(9-12)16-22-21-14(28-16)11-27-15(24)10-23-17(25)19(20-18(23)26)7-2-3-8-19/h4-6,9H,2-3,7-8,10-11H2,1H3,(H,20,26). The van der Waals surface area contributed by atoms with Gasteiger partial charge in [0.05, 0.1) is 0 Å². The number of urea groups is 1. The highest BCUT2D eigenvalue weighted by Gasteiger charge is 2.52. The van der Waals surface area contributed by atoms with Gasteiger partial charge in [-0.3, -0.25) is 14.5 Å². The van der Waals surface area contributed by atoms with Gasteiger partial charge in [-0.15, -0.1) is 10.2 Å². The van der Waals surface area contributed by atoms with Crippen LogP contribution in [0, 0.1) is 6.92 Å². The molecule has 1 aliphatic carbocycles. The molecule has 1 spiro atoms.